The smallest absolute Gasteiger partial charge is 0.408 e. The van der Waals surface area contributed by atoms with Crippen LogP contribution in [0.2, 0.25) is 0 Å². The quantitative estimate of drug-likeness (QED) is 0.750. The summed E-state index contributed by atoms with van der Waals surface area (Å²) in [5.74, 6) is 0.677. The molecular formula is C20H22N2O3S2. The maximum Gasteiger partial charge on any atom is 0.408 e. The van der Waals surface area contributed by atoms with Crippen LogP contribution in [0.1, 0.15) is 58.6 Å². The lowest BCUT2D eigenvalue weighted by atomic mass is 10.1. The number of rotatable bonds is 1. The van der Waals surface area contributed by atoms with Crippen molar-refractivity contribution in [2.24, 2.45) is 0 Å². The second kappa shape index (κ2) is 6.87. The Morgan fingerprint density at radius 2 is 2.00 bits per heavy atom. The summed E-state index contributed by atoms with van der Waals surface area (Å²) in [5, 5.41) is 4.82. The molecule has 5 nitrogen and oxygen atoms in total. The van der Waals surface area contributed by atoms with Gasteiger partial charge in [0.2, 0.25) is 0 Å². The molecule has 0 spiro atoms. The van der Waals surface area contributed by atoms with E-state index in [1.807, 2.05) is 61.4 Å². The average Bonchev–Trinajstić information content (AvgIpc) is 3.13. The molecule has 2 aliphatic rings. The summed E-state index contributed by atoms with van der Waals surface area (Å²) >= 11 is 3.26. The molecule has 0 aliphatic carbocycles. The molecule has 3 heterocycles. The molecule has 0 bridgehead atoms. The van der Waals surface area contributed by atoms with Gasteiger partial charge < -0.3 is 15.0 Å². The maximum absolute atomic E-state index is 12.9. The Morgan fingerprint density at radius 3 is 2.78 bits per heavy atom. The van der Waals surface area contributed by atoms with E-state index in [0.717, 1.165) is 21.6 Å². The highest BCUT2D eigenvalue weighted by molar-refractivity contribution is 7.99. The highest BCUT2D eigenvalue weighted by Gasteiger charge is 2.40. The Labute approximate surface area is 167 Å². The van der Waals surface area contributed by atoms with Gasteiger partial charge in [0, 0.05) is 27.3 Å². The number of carbonyl (C=O) groups excluding carboxylic acids is 2. The van der Waals surface area contributed by atoms with Crippen LogP contribution in [0, 0.1) is 0 Å². The SMILES string of the molecule is CC(C)(C)NC(=O)O[C@@H]1CS[C@H]2c3ccccc3C(=O)N2Cc2sccc21. The second-order valence-corrected chi connectivity index (χ2v) is 9.89. The normalized spacial score (nSPS) is 21.6. The van der Waals surface area contributed by atoms with Gasteiger partial charge in [-0.3, -0.25) is 4.79 Å². The van der Waals surface area contributed by atoms with Crippen molar-refractivity contribution in [2.75, 3.05) is 5.75 Å². The Kier molecular flexibility index (Phi) is 4.68. The van der Waals surface area contributed by atoms with Crippen LogP contribution in [0.4, 0.5) is 4.79 Å². The molecule has 2 amide bonds. The number of nitrogens with one attached hydrogen (secondary N) is 1. The molecule has 1 aromatic carbocycles. The van der Waals surface area contributed by atoms with E-state index >= 15 is 0 Å². The highest BCUT2D eigenvalue weighted by Crippen LogP contribution is 2.47. The maximum atomic E-state index is 12.9. The fourth-order valence-electron chi connectivity index (χ4n) is 3.42. The first kappa shape index (κ1) is 18.4. The molecule has 27 heavy (non-hydrogen) atoms. The first-order valence-electron chi connectivity index (χ1n) is 8.90. The molecule has 2 aliphatic heterocycles. The van der Waals surface area contributed by atoms with Gasteiger partial charge in [0.1, 0.15) is 11.5 Å². The molecule has 0 unspecified atom stereocenters. The minimum atomic E-state index is -0.412. The Balaban J connectivity index is 1.62. The molecule has 7 heteroatoms. The van der Waals surface area contributed by atoms with Gasteiger partial charge in [-0.05, 0) is 43.8 Å². The minimum absolute atomic E-state index is 0.0410. The predicted molar refractivity (Wildman–Crippen MR) is 108 cm³/mol. The summed E-state index contributed by atoms with van der Waals surface area (Å²) in [4.78, 5) is 28.2. The van der Waals surface area contributed by atoms with Gasteiger partial charge in [-0.2, -0.15) is 0 Å². The molecule has 4 rings (SSSR count). The second-order valence-electron chi connectivity index (χ2n) is 7.77. The van der Waals surface area contributed by atoms with Crippen LogP contribution in [-0.4, -0.2) is 28.2 Å². The molecule has 2 aromatic rings. The molecule has 0 saturated heterocycles. The first-order chi connectivity index (χ1) is 12.8. The molecule has 1 N–H and O–H groups in total. The first-order valence-corrected chi connectivity index (χ1v) is 10.8. The summed E-state index contributed by atoms with van der Waals surface area (Å²) < 4.78 is 5.78. The van der Waals surface area contributed by atoms with Crippen LogP contribution >= 0.6 is 23.1 Å². The number of amides is 2. The predicted octanol–water partition coefficient (Wildman–Crippen LogP) is 4.72. The number of carbonyl (C=O) groups is 2. The lowest BCUT2D eigenvalue weighted by Gasteiger charge is -2.31. The third-order valence-electron chi connectivity index (χ3n) is 4.57. The summed E-state index contributed by atoms with van der Waals surface area (Å²) in [6, 6.07) is 9.79. The lowest BCUT2D eigenvalue weighted by molar-refractivity contribution is 0.0749. The van der Waals surface area contributed by atoms with Gasteiger partial charge in [0.25, 0.3) is 5.91 Å². The van der Waals surface area contributed by atoms with Gasteiger partial charge in [-0.25, -0.2) is 4.79 Å². The number of alkyl carbamates (subject to hydrolysis) is 1. The van der Waals surface area contributed by atoms with E-state index in [4.69, 9.17) is 4.74 Å². The molecule has 142 valence electrons. The molecule has 1 aromatic heterocycles. The zero-order valence-corrected chi connectivity index (χ0v) is 17.2. The largest absolute Gasteiger partial charge is 0.440 e. The summed E-state index contributed by atoms with van der Waals surface area (Å²) in [6.07, 6.45) is -0.741. The van der Waals surface area contributed by atoms with Gasteiger partial charge in [-0.15, -0.1) is 23.1 Å². The van der Waals surface area contributed by atoms with Gasteiger partial charge in [0.05, 0.1) is 6.54 Å². The fourth-order valence-corrected chi connectivity index (χ4v) is 5.69. The number of ether oxygens (including phenoxy) is 1. The molecule has 0 fully saturated rings. The Morgan fingerprint density at radius 1 is 1.22 bits per heavy atom. The van der Waals surface area contributed by atoms with E-state index in [1.54, 1.807) is 23.1 Å². The van der Waals surface area contributed by atoms with E-state index < -0.39 is 6.09 Å². The summed E-state index contributed by atoms with van der Waals surface area (Å²) in [5.41, 5.74) is 2.47. The summed E-state index contributed by atoms with van der Waals surface area (Å²) in [6.45, 7) is 6.32. The minimum Gasteiger partial charge on any atom is -0.440 e. The standard InChI is InChI=1S/C20H22N2O3S2/c1-20(2,3)21-19(24)25-15-11-27-18-13-7-5-4-6-12(13)17(23)22(18)10-16-14(15)8-9-26-16/h4-9,15,18H,10-11H2,1-3H3,(H,21,24)/t15-,18+/m1/s1. The van der Waals surface area contributed by atoms with Crippen LogP contribution in [-0.2, 0) is 11.3 Å². The Hall–Kier alpha value is -1.99. The molecule has 0 saturated carbocycles. The van der Waals surface area contributed by atoms with Crippen molar-refractivity contribution in [3.05, 3.63) is 57.3 Å². The summed E-state index contributed by atoms with van der Waals surface area (Å²) in [7, 11) is 0. The molecule has 2 atom stereocenters. The number of fused-ring (bicyclic) bond motifs is 4. The van der Waals surface area contributed by atoms with Crippen LogP contribution in [0.3, 0.4) is 0 Å². The van der Waals surface area contributed by atoms with Crippen molar-refractivity contribution in [2.45, 2.75) is 44.3 Å². The van der Waals surface area contributed by atoms with Gasteiger partial charge >= 0.3 is 6.09 Å². The monoisotopic (exact) mass is 402 g/mol. The fraction of sp³-hybridized carbons (Fsp3) is 0.400. The van der Waals surface area contributed by atoms with Gasteiger partial charge in [-0.1, -0.05) is 18.2 Å². The lowest BCUT2D eigenvalue weighted by Crippen LogP contribution is -2.41. The van der Waals surface area contributed by atoms with Crippen LogP contribution in [0.25, 0.3) is 0 Å². The number of thioether (sulfide) groups is 1. The van der Waals surface area contributed by atoms with Crippen molar-refractivity contribution in [3.8, 4) is 0 Å². The van der Waals surface area contributed by atoms with Crippen LogP contribution in [0.15, 0.2) is 35.7 Å². The Bertz CT molecular complexity index is 887. The number of nitrogens with zero attached hydrogens (tertiary/aromatic N) is 1. The molecule has 0 radical (unpaired) electrons. The van der Waals surface area contributed by atoms with Crippen molar-refractivity contribution in [3.63, 3.8) is 0 Å². The highest BCUT2D eigenvalue weighted by atomic mass is 32.2. The zero-order chi connectivity index (χ0) is 19.2. The average molecular weight is 403 g/mol. The van der Waals surface area contributed by atoms with E-state index in [9.17, 15) is 9.59 Å². The van der Waals surface area contributed by atoms with Crippen LogP contribution < -0.4 is 5.32 Å². The number of hydrogen-bond donors (Lipinski definition) is 1. The third-order valence-corrected chi connectivity index (χ3v) is 6.81. The van der Waals surface area contributed by atoms with Gasteiger partial charge in [0.15, 0.2) is 0 Å². The molecular weight excluding hydrogens is 380 g/mol. The van der Waals surface area contributed by atoms with E-state index in [0.29, 0.717) is 12.3 Å². The topological polar surface area (TPSA) is 58.6 Å². The zero-order valence-electron chi connectivity index (χ0n) is 15.5. The van der Waals surface area contributed by atoms with Crippen molar-refractivity contribution in [1.29, 1.82) is 0 Å². The van der Waals surface area contributed by atoms with E-state index in [-0.39, 0.29) is 22.9 Å². The van der Waals surface area contributed by atoms with Crippen molar-refractivity contribution >= 4 is 35.1 Å². The third kappa shape index (κ3) is 3.58. The van der Waals surface area contributed by atoms with Crippen molar-refractivity contribution < 1.29 is 14.3 Å². The van der Waals surface area contributed by atoms with Crippen molar-refractivity contribution in [1.82, 2.24) is 10.2 Å². The van der Waals surface area contributed by atoms with E-state index in [1.165, 1.54) is 0 Å². The number of thiophene rings is 1. The van der Waals surface area contributed by atoms with E-state index in [2.05, 4.69) is 5.32 Å². The number of benzene rings is 1. The van der Waals surface area contributed by atoms with Crippen LogP contribution in [0.5, 0.6) is 0 Å². The number of hydrogen-bond acceptors (Lipinski definition) is 5.